The van der Waals surface area contributed by atoms with Gasteiger partial charge in [-0.3, -0.25) is 0 Å². The molecule has 1 aromatic carbocycles. The lowest BCUT2D eigenvalue weighted by atomic mass is 10.1. The summed E-state index contributed by atoms with van der Waals surface area (Å²) in [5.74, 6) is -1.03. The standard InChI is InChI=1S/C15H23ClN2O3/c1-4-11(5-2)18(6-7-21-3)14-12(15(19)20)8-10(17)9-13(14)16/h8-9,11H,4-7,17H2,1-3H3,(H,19,20). The fourth-order valence-corrected chi connectivity index (χ4v) is 2.81. The Labute approximate surface area is 130 Å². The van der Waals surface area contributed by atoms with Crippen LogP contribution in [0.2, 0.25) is 5.02 Å². The van der Waals surface area contributed by atoms with Crippen molar-refractivity contribution in [3.8, 4) is 0 Å². The molecule has 1 rings (SSSR count). The number of ether oxygens (including phenoxy) is 1. The number of hydrogen-bond donors (Lipinski definition) is 2. The third-order valence-electron chi connectivity index (χ3n) is 3.52. The number of rotatable bonds is 8. The number of halogens is 1. The Hall–Kier alpha value is -1.46. The molecule has 0 fully saturated rings. The van der Waals surface area contributed by atoms with Crippen LogP contribution in [0.15, 0.2) is 12.1 Å². The quantitative estimate of drug-likeness (QED) is 0.720. The number of methoxy groups -OCH3 is 1. The van der Waals surface area contributed by atoms with Gasteiger partial charge in [-0.2, -0.15) is 0 Å². The molecule has 0 radical (unpaired) electrons. The molecule has 1 aromatic rings. The molecular weight excluding hydrogens is 292 g/mol. The zero-order valence-corrected chi connectivity index (χ0v) is 13.5. The summed E-state index contributed by atoms with van der Waals surface area (Å²) in [5.41, 5.74) is 6.71. The SMILES string of the molecule is CCC(CC)N(CCOC)c1c(Cl)cc(N)cc1C(=O)O. The van der Waals surface area contributed by atoms with Crippen LogP contribution in [0.5, 0.6) is 0 Å². The van der Waals surface area contributed by atoms with Crippen molar-refractivity contribution >= 4 is 28.9 Å². The maximum absolute atomic E-state index is 11.5. The normalized spacial score (nSPS) is 10.9. The molecule has 0 bridgehead atoms. The second kappa shape index (κ2) is 8.10. The van der Waals surface area contributed by atoms with E-state index in [1.165, 1.54) is 6.07 Å². The van der Waals surface area contributed by atoms with Crippen molar-refractivity contribution in [2.75, 3.05) is 30.9 Å². The van der Waals surface area contributed by atoms with Crippen molar-refractivity contribution in [1.82, 2.24) is 0 Å². The fourth-order valence-electron chi connectivity index (χ4n) is 2.47. The van der Waals surface area contributed by atoms with Crippen molar-refractivity contribution < 1.29 is 14.6 Å². The first kappa shape index (κ1) is 17.6. The molecule has 0 aliphatic carbocycles. The van der Waals surface area contributed by atoms with Crippen LogP contribution in [0.25, 0.3) is 0 Å². The molecule has 0 spiro atoms. The average molecular weight is 315 g/mol. The van der Waals surface area contributed by atoms with Crippen LogP contribution in [-0.4, -0.2) is 37.4 Å². The molecule has 21 heavy (non-hydrogen) atoms. The van der Waals surface area contributed by atoms with Gasteiger partial charge >= 0.3 is 5.97 Å². The highest BCUT2D eigenvalue weighted by Gasteiger charge is 2.24. The minimum Gasteiger partial charge on any atom is -0.478 e. The predicted octanol–water partition coefficient (Wildman–Crippen LogP) is 3.26. The minimum absolute atomic E-state index is 0.128. The molecule has 0 heterocycles. The van der Waals surface area contributed by atoms with Gasteiger partial charge in [-0.05, 0) is 25.0 Å². The van der Waals surface area contributed by atoms with Gasteiger partial charge in [0.15, 0.2) is 0 Å². The number of nitrogens with two attached hydrogens (primary N) is 1. The maximum Gasteiger partial charge on any atom is 0.337 e. The van der Waals surface area contributed by atoms with Crippen LogP contribution in [0, 0.1) is 0 Å². The van der Waals surface area contributed by atoms with Crippen LogP contribution in [0.1, 0.15) is 37.0 Å². The summed E-state index contributed by atoms with van der Waals surface area (Å²) >= 11 is 6.28. The minimum atomic E-state index is -1.03. The van der Waals surface area contributed by atoms with Crippen molar-refractivity contribution in [1.29, 1.82) is 0 Å². The summed E-state index contributed by atoms with van der Waals surface area (Å²) in [4.78, 5) is 13.5. The number of carboxylic acid groups (broad SMARTS) is 1. The number of benzene rings is 1. The summed E-state index contributed by atoms with van der Waals surface area (Å²) in [6.07, 6.45) is 1.78. The molecule has 3 N–H and O–H groups in total. The molecule has 6 heteroatoms. The van der Waals surface area contributed by atoms with Gasteiger partial charge in [0.25, 0.3) is 0 Å². The Balaban J connectivity index is 3.37. The van der Waals surface area contributed by atoms with Gasteiger partial charge in [0.05, 0.1) is 22.9 Å². The summed E-state index contributed by atoms with van der Waals surface area (Å²) in [5, 5.41) is 9.80. The van der Waals surface area contributed by atoms with E-state index in [4.69, 9.17) is 22.1 Å². The molecule has 0 amide bonds. The second-order valence-electron chi connectivity index (χ2n) is 4.86. The zero-order chi connectivity index (χ0) is 16.0. The number of anilines is 2. The molecule has 5 nitrogen and oxygen atoms in total. The van der Waals surface area contributed by atoms with Crippen LogP contribution in [0.3, 0.4) is 0 Å². The first-order chi connectivity index (χ1) is 9.96. The van der Waals surface area contributed by atoms with E-state index in [9.17, 15) is 9.90 Å². The molecule has 0 aromatic heterocycles. The van der Waals surface area contributed by atoms with Crippen LogP contribution in [0.4, 0.5) is 11.4 Å². The van der Waals surface area contributed by atoms with Crippen LogP contribution in [-0.2, 0) is 4.74 Å². The zero-order valence-electron chi connectivity index (χ0n) is 12.7. The van der Waals surface area contributed by atoms with E-state index in [1.807, 2.05) is 4.90 Å². The van der Waals surface area contributed by atoms with E-state index in [2.05, 4.69) is 13.8 Å². The van der Waals surface area contributed by atoms with Gasteiger partial charge in [-0.1, -0.05) is 25.4 Å². The maximum atomic E-state index is 11.5. The van der Waals surface area contributed by atoms with Gasteiger partial charge in [-0.25, -0.2) is 4.79 Å². The van der Waals surface area contributed by atoms with Gasteiger partial charge < -0.3 is 20.5 Å². The topological polar surface area (TPSA) is 75.8 Å². The lowest BCUT2D eigenvalue weighted by Gasteiger charge is -2.34. The molecule has 0 unspecified atom stereocenters. The lowest BCUT2D eigenvalue weighted by Crippen LogP contribution is -2.38. The second-order valence-corrected chi connectivity index (χ2v) is 5.27. The largest absolute Gasteiger partial charge is 0.478 e. The number of aromatic carboxylic acids is 1. The third-order valence-corrected chi connectivity index (χ3v) is 3.81. The highest BCUT2D eigenvalue weighted by molar-refractivity contribution is 6.34. The smallest absolute Gasteiger partial charge is 0.337 e. The van der Waals surface area contributed by atoms with Crippen molar-refractivity contribution in [2.45, 2.75) is 32.7 Å². The molecule has 0 saturated heterocycles. The Morgan fingerprint density at radius 1 is 1.43 bits per heavy atom. The van der Waals surface area contributed by atoms with E-state index < -0.39 is 5.97 Å². The number of nitrogens with zero attached hydrogens (tertiary/aromatic N) is 1. The summed E-state index contributed by atoms with van der Waals surface area (Å²) in [6.45, 7) is 5.21. The van der Waals surface area contributed by atoms with E-state index in [0.717, 1.165) is 12.8 Å². The van der Waals surface area contributed by atoms with E-state index in [-0.39, 0.29) is 11.6 Å². The Bertz CT molecular complexity index is 490. The van der Waals surface area contributed by atoms with Crippen LogP contribution >= 0.6 is 11.6 Å². The first-order valence-corrected chi connectivity index (χ1v) is 7.41. The monoisotopic (exact) mass is 314 g/mol. The number of hydrogen-bond acceptors (Lipinski definition) is 4. The summed E-state index contributed by atoms with van der Waals surface area (Å²) in [7, 11) is 1.62. The summed E-state index contributed by atoms with van der Waals surface area (Å²) < 4.78 is 5.14. The molecule has 0 saturated carbocycles. The number of nitrogen functional groups attached to an aromatic ring is 1. The Morgan fingerprint density at radius 3 is 2.52 bits per heavy atom. The van der Waals surface area contributed by atoms with Gasteiger partial charge in [0.2, 0.25) is 0 Å². The van der Waals surface area contributed by atoms with Crippen LogP contribution < -0.4 is 10.6 Å². The number of carbonyl (C=O) groups is 1. The molecule has 0 atom stereocenters. The fraction of sp³-hybridized carbons (Fsp3) is 0.533. The molecule has 0 aliphatic rings. The van der Waals surface area contributed by atoms with Gasteiger partial charge in [0, 0.05) is 25.4 Å². The molecule has 118 valence electrons. The van der Waals surface area contributed by atoms with Gasteiger partial charge in [0.1, 0.15) is 0 Å². The van der Waals surface area contributed by atoms with E-state index in [0.29, 0.717) is 29.5 Å². The Kier molecular flexibility index (Phi) is 6.78. The highest BCUT2D eigenvalue weighted by atomic mass is 35.5. The summed E-state index contributed by atoms with van der Waals surface area (Å²) in [6, 6.07) is 3.23. The lowest BCUT2D eigenvalue weighted by molar-refractivity contribution is 0.0697. The van der Waals surface area contributed by atoms with Gasteiger partial charge in [-0.15, -0.1) is 0 Å². The van der Waals surface area contributed by atoms with E-state index >= 15 is 0 Å². The van der Waals surface area contributed by atoms with Crippen molar-refractivity contribution in [2.24, 2.45) is 0 Å². The molecular formula is C15H23ClN2O3. The Morgan fingerprint density at radius 2 is 2.05 bits per heavy atom. The first-order valence-electron chi connectivity index (χ1n) is 7.04. The number of carboxylic acids is 1. The highest BCUT2D eigenvalue weighted by Crippen LogP contribution is 2.34. The molecule has 0 aliphatic heterocycles. The third kappa shape index (κ3) is 4.25. The van der Waals surface area contributed by atoms with Crippen molar-refractivity contribution in [3.63, 3.8) is 0 Å². The average Bonchev–Trinajstić information content (AvgIpc) is 2.43. The van der Waals surface area contributed by atoms with E-state index in [1.54, 1.807) is 13.2 Å². The van der Waals surface area contributed by atoms with Crippen molar-refractivity contribution in [3.05, 3.63) is 22.7 Å². The predicted molar refractivity (Wildman–Crippen MR) is 86.4 cm³/mol.